The predicted octanol–water partition coefficient (Wildman–Crippen LogP) is 3.03. The maximum Gasteiger partial charge on any atom is 0.263 e. The van der Waals surface area contributed by atoms with Gasteiger partial charge < -0.3 is 0 Å². The van der Waals surface area contributed by atoms with E-state index in [0.29, 0.717) is 0 Å². The van der Waals surface area contributed by atoms with Crippen LogP contribution in [0.2, 0.25) is 0 Å². The summed E-state index contributed by atoms with van der Waals surface area (Å²) in [6.45, 7) is 0. The number of halogens is 2. The number of hydrogen-bond donors (Lipinski definition) is 0. The lowest BCUT2D eigenvalue weighted by atomic mass is 10.2. The third kappa shape index (κ3) is 2.68. The van der Waals surface area contributed by atoms with Gasteiger partial charge in [-0.05, 0) is 23.2 Å². The first-order valence-corrected chi connectivity index (χ1v) is 4.08. The van der Waals surface area contributed by atoms with E-state index < -0.39 is 5.24 Å². The number of allylic oxidation sites excluding steroid dienone is 1. The molecule has 62 valence electrons. The van der Waals surface area contributed by atoms with Crippen LogP contribution in [0.25, 0.3) is 6.08 Å². The number of benzene rings is 1. The summed E-state index contributed by atoms with van der Waals surface area (Å²) >= 11 is 10.7. The van der Waals surface area contributed by atoms with Gasteiger partial charge in [-0.3, -0.25) is 4.79 Å². The average molecular weight is 201 g/mol. The van der Waals surface area contributed by atoms with Gasteiger partial charge in [0.1, 0.15) is 5.03 Å². The fraction of sp³-hybridized carbons (Fsp3) is 0. The molecule has 0 N–H and O–H groups in total. The monoisotopic (exact) mass is 200 g/mol. The van der Waals surface area contributed by atoms with Crippen molar-refractivity contribution in [2.45, 2.75) is 0 Å². The zero-order valence-electron chi connectivity index (χ0n) is 6.13. The molecule has 12 heavy (non-hydrogen) atoms. The average Bonchev–Trinajstić information content (AvgIpc) is 2.06. The van der Waals surface area contributed by atoms with Crippen molar-refractivity contribution in [1.29, 1.82) is 0 Å². The zero-order chi connectivity index (χ0) is 8.97. The smallest absolute Gasteiger partial charge is 0.263 e. The second kappa shape index (κ2) is 4.29. The standard InChI is InChI=1S/C9H6Cl2O/c10-8(9(11)12)6-7-4-2-1-3-5-7/h1-6H/b8-6-. The molecule has 0 saturated carbocycles. The summed E-state index contributed by atoms with van der Waals surface area (Å²) in [5, 5.41) is -0.608. The first kappa shape index (κ1) is 9.30. The van der Waals surface area contributed by atoms with Crippen molar-refractivity contribution >= 4 is 34.5 Å². The van der Waals surface area contributed by atoms with E-state index in [-0.39, 0.29) is 5.03 Å². The maximum atomic E-state index is 10.5. The lowest BCUT2D eigenvalue weighted by molar-refractivity contribution is -0.107. The molecule has 0 saturated heterocycles. The van der Waals surface area contributed by atoms with Crippen LogP contribution in [0.4, 0.5) is 0 Å². The molecule has 1 rings (SSSR count). The number of carbonyl (C=O) groups is 1. The molecule has 0 radical (unpaired) electrons. The fourth-order valence-electron chi connectivity index (χ4n) is 0.752. The minimum absolute atomic E-state index is 0.0304. The van der Waals surface area contributed by atoms with E-state index in [0.717, 1.165) is 5.56 Å². The highest BCUT2D eigenvalue weighted by Crippen LogP contribution is 2.12. The van der Waals surface area contributed by atoms with Gasteiger partial charge in [-0.15, -0.1) is 0 Å². The van der Waals surface area contributed by atoms with Gasteiger partial charge in [0, 0.05) is 0 Å². The highest BCUT2D eigenvalue weighted by atomic mass is 35.5. The van der Waals surface area contributed by atoms with Crippen molar-refractivity contribution in [2.24, 2.45) is 0 Å². The molecule has 0 amide bonds. The fourth-order valence-corrected chi connectivity index (χ4v) is 0.933. The number of hydrogen-bond acceptors (Lipinski definition) is 1. The van der Waals surface area contributed by atoms with Gasteiger partial charge in [0.05, 0.1) is 0 Å². The number of carbonyl (C=O) groups excluding carboxylic acids is 1. The minimum atomic E-state index is -0.638. The SMILES string of the molecule is O=C(Cl)/C(Cl)=C/c1ccccc1. The van der Waals surface area contributed by atoms with Crippen molar-refractivity contribution in [3.63, 3.8) is 0 Å². The summed E-state index contributed by atoms with van der Waals surface area (Å²) in [5.74, 6) is 0. The Labute approximate surface area is 80.6 Å². The second-order valence-electron chi connectivity index (χ2n) is 2.18. The summed E-state index contributed by atoms with van der Waals surface area (Å²) in [7, 11) is 0. The van der Waals surface area contributed by atoms with E-state index in [9.17, 15) is 4.79 Å². The molecule has 0 aliphatic rings. The Morgan fingerprint density at radius 1 is 1.17 bits per heavy atom. The van der Waals surface area contributed by atoms with Crippen LogP contribution in [-0.4, -0.2) is 5.24 Å². The Morgan fingerprint density at radius 3 is 2.25 bits per heavy atom. The minimum Gasteiger partial charge on any atom is -0.275 e. The molecule has 0 heterocycles. The van der Waals surface area contributed by atoms with Crippen molar-refractivity contribution in [3.05, 3.63) is 40.9 Å². The summed E-state index contributed by atoms with van der Waals surface area (Å²) < 4.78 is 0. The van der Waals surface area contributed by atoms with Crippen LogP contribution < -0.4 is 0 Å². The van der Waals surface area contributed by atoms with Gasteiger partial charge in [-0.1, -0.05) is 41.9 Å². The molecule has 0 unspecified atom stereocenters. The Kier molecular flexibility index (Phi) is 3.32. The van der Waals surface area contributed by atoms with E-state index in [1.165, 1.54) is 6.08 Å². The molecule has 1 nitrogen and oxygen atoms in total. The Morgan fingerprint density at radius 2 is 1.75 bits per heavy atom. The highest BCUT2D eigenvalue weighted by molar-refractivity contribution is 6.74. The molecule has 0 spiro atoms. The first-order chi connectivity index (χ1) is 5.70. The summed E-state index contributed by atoms with van der Waals surface area (Å²) in [6, 6.07) is 9.27. The Bertz CT molecular complexity index is 304. The quantitative estimate of drug-likeness (QED) is 0.530. The molecule has 0 aromatic heterocycles. The van der Waals surface area contributed by atoms with Crippen molar-refractivity contribution in [3.8, 4) is 0 Å². The van der Waals surface area contributed by atoms with E-state index in [4.69, 9.17) is 23.2 Å². The summed E-state index contributed by atoms with van der Waals surface area (Å²) in [4.78, 5) is 10.5. The summed E-state index contributed by atoms with van der Waals surface area (Å²) in [6.07, 6.45) is 1.52. The molecule has 1 aromatic carbocycles. The molecular formula is C9H6Cl2O. The van der Waals surface area contributed by atoms with Crippen molar-refractivity contribution in [2.75, 3.05) is 0 Å². The van der Waals surface area contributed by atoms with Crippen LogP contribution in [-0.2, 0) is 4.79 Å². The van der Waals surface area contributed by atoms with E-state index in [2.05, 4.69) is 0 Å². The molecule has 1 aromatic rings. The van der Waals surface area contributed by atoms with Crippen LogP contribution in [0, 0.1) is 0 Å². The maximum absolute atomic E-state index is 10.5. The third-order valence-electron chi connectivity index (χ3n) is 1.28. The predicted molar refractivity (Wildman–Crippen MR) is 51.1 cm³/mol. The van der Waals surface area contributed by atoms with Crippen LogP contribution in [0.3, 0.4) is 0 Å². The third-order valence-corrected chi connectivity index (χ3v) is 1.86. The molecular weight excluding hydrogens is 195 g/mol. The van der Waals surface area contributed by atoms with Gasteiger partial charge in [0.15, 0.2) is 0 Å². The molecule has 0 fully saturated rings. The van der Waals surface area contributed by atoms with E-state index in [1.807, 2.05) is 30.3 Å². The molecule has 0 atom stereocenters. The largest absolute Gasteiger partial charge is 0.275 e. The van der Waals surface area contributed by atoms with Gasteiger partial charge in [-0.2, -0.15) is 0 Å². The van der Waals surface area contributed by atoms with Gasteiger partial charge in [0.2, 0.25) is 0 Å². The second-order valence-corrected chi connectivity index (χ2v) is 2.93. The Hall–Kier alpha value is -0.790. The normalized spacial score (nSPS) is 11.3. The summed E-state index contributed by atoms with van der Waals surface area (Å²) in [5.41, 5.74) is 0.858. The van der Waals surface area contributed by atoms with E-state index >= 15 is 0 Å². The van der Waals surface area contributed by atoms with Crippen molar-refractivity contribution < 1.29 is 4.79 Å². The van der Waals surface area contributed by atoms with Crippen LogP contribution in [0.15, 0.2) is 35.4 Å². The topological polar surface area (TPSA) is 17.1 Å². The van der Waals surface area contributed by atoms with Gasteiger partial charge in [0.25, 0.3) is 5.24 Å². The van der Waals surface area contributed by atoms with Gasteiger partial charge in [-0.25, -0.2) is 0 Å². The van der Waals surface area contributed by atoms with Crippen LogP contribution in [0.5, 0.6) is 0 Å². The lowest BCUT2D eigenvalue weighted by Gasteiger charge is -1.91. The van der Waals surface area contributed by atoms with Crippen LogP contribution in [0.1, 0.15) is 5.56 Å². The lowest BCUT2D eigenvalue weighted by Crippen LogP contribution is -1.83. The molecule has 0 aliphatic carbocycles. The van der Waals surface area contributed by atoms with E-state index in [1.54, 1.807) is 0 Å². The van der Waals surface area contributed by atoms with Crippen molar-refractivity contribution in [1.82, 2.24) is 0 Å². The molecule has 0 bridgehead atoms. The first-order valence-electron chi connectivity index (χ1n) is 3.32. The molecule has 3 heteroatoms. The highest BCUT2D eigenvalue weighted by Gasteiger charge is 2.00. The Balaban J connectivity index is 2.89. The van der Waals surface area contributed by atoms with Crippen LogP contribution >= 0.6 is 23.2 Å². The number of rotatable bonds is 2. The van der Waals surface area contributed by atoms with Gasteiger partial charge >= 0.3 is 0 Å². The zero-order valence-corrected chi connectivity index (χ0v) is 7.64. The molecule has 0 aliphatic heterocycles.